The molecule has 0 amide bonds. The summed E-state index contributed by atoms with van der Waals surface area (Å²) in [5.41, 5.74) is 12.0. The van der Waals surface area contributed by atoms with Gasteiger partial charge >= 0.3 is 0 Å². The van der Waals surface area contributed by atoms with E-state index >= 15 is 0 Å². The highest BCUT2D eigenvalue weighted by Crippen LogP contribution is 2.44. The summed E-state index contributed by atoms with van der Waals surface area (Å²) in [4.78, 5) is 0. The van der Waals surface area contributed by atoms with Gasteiger partial charge in [0.1, 0.15) is 36.2 Å². The van der Waals surface area contributed by atoms with Crippen LogP contribution in [0.3, 0.4) is 0 Å². The van der Waals surface area contributed by atoms with Gasteiger partial charge in [-0.3, -0.25) is 0 Å². The fourth-order valence-electron chi connectivity index (χ4n) is 8.78. The lowest BCUT2D eigenvalue weighted by Gasteiger charge is -2.28. The Hall–Kier alpha value is -4.90. The summed E-state index contributed by atoms with van der Waals surface area (Å²) >= 11 is 0. The zero-order valence-electron chi connectivity index (χ0n) is 44.4. The lowest BCUT2D eigenvalue weighted by atomic mass is 9.79. The van der Waals surface area contributed by atoms with E-state index in [1.54, 1.807) is 0 Å². The number of fused-ring (bicyclic) bond motifs is 8. The molecule has 380 valence electrons. The summed E-state index contributed by atoms with van der Waals surface area (Å²) in [6.45, 7) is 30.6. The van der Waals surface area contributed by atoms with Crippen LogP contribution in [-0.4, -0.2) is 81.4 Å². The Morgan fingerprint density at radius 3 is 0.971 bits per heavy atom. The van der Waals surface area contributed by atoms with Crippen molar-refractivity contribution in [1.82, 2.24) is 0 Å². The Morgan fingerprint density at radius 2 is 0.657 bits per heavy atom. The normalized spacial score (nSPS) is 13.4. The Bertz CT molecular complexity index is 2380. The van der Waals surface area contributed by atoms with Gasteiger partial charge in [-0.05, 0) is 94.0 Å². The minimum Gasteiger partial charge on any atom is -0.507 e. The highest BCUT2D eigenvalue weighted by molar-refractivity contribution is 5.59. The topological polar surface area (TPSA) is 116 Å². The Kier molecular flexibility index (Phi) is 18.3. The van der Waals surface area contributed by atoms with Crippen molar-refractivity contribution >= 4 is 0 Å². The van der Waals surface area contributed by atoms with Crippen LogP contribution in [0.15, 0.2) is 78.9 Å². The lowest BCUT2D eigenvalue weighted by molar-refractivity contribution is -0.00783. The SMILES string of the molecule is CC(C)(C)c1cc2c(O)c(c1)Cc1cc(C(C)(C)C)cc(c1OCc1ccccc1)Cc1cc(C(C)(C)C)cc(c1O)Cc1cc(C(C)(C)C)cc(c1OCCOCCOCCOCCOCCO)C2. The predicted molar refractivity (Wildman–Crippen MR) is 282 cm³/mol. The summed E-state index contributed by atoms with van der Waals surface area (Å²) in [6, 6.07) is 28.0. The van der Waals surface area contributed by atoms with E-state index in [0.717, 1.165) is 83.8 Å². The first-order chi connectivity index (χ1) is 33.0. The standard InChI is InChI=1S/C61H82O9/c1-58(2,3)50-32-42-28-46-36-52(60(7,8)9)37-47(56(46)69-27-26-68-25-24-67-23-22-66-21-20-65-19-18-62)29-43-33-51(59(4,5)6)35-45(55(43)64)31-49-39-53(61(10,11)12)38-48(30-44(34-50)54(42)63)57(49)70-40-41-16-14-13-15-17-41/h13-17,32-39,62-64H,18-31,40H2,1-12H3. The summed E-state index contributed by atoms with van der Waals surface area (Å²) in [5, 5.41) is 34.1. The molecule has 0 spiro atoms. The van der Waals surface area contributed by atoms with Gasteiger partial charge in [-0.25, -0.2) is 0 Å². The van der Waals surface area contributed by atoms with Crippen molar-refractivity contribution in [3.8, 4) is 23.0 Å². The maximum absolute atomic E-state index is 12.6. The molecule has 5 aromatic carbocycles. The molecule has 0 aliphatic heterocycles. The van der Waals surface area contributed by atoms with Gasteiger partial charge in [0.05, 0.1) is 59.5 Å². The minimum atomic E-state index is -0.213. The average Bonchev–Trinajstić information content (AvgIpc) is 3.27. The van der Waals surface area contributed by atoms with Crippen LogP contribution >= 0.6 is 0 Å². The molecule has 0 radical (unpaired) electrons. The molecule has 0 fully saturated rings. The highest BCUT2D eigenvalue weighted by Gasteiger charge is 2.28. The fourth-order valence-corrected chi connectivity index (χ4v) is 8.78. The van der Waals surface area contributed by atoms with Gasteiger partial charge in [0, 0.05) is 25.7 Å². The van der Waals surface area contributed by atoms with Gasteiger partial charge in [0.2, 0.25) is 0 Å². The van der Waals surface area contributed by atoms with Crippen molar-refractivity contribution in [3.05, 3.63) is 151 Å². The van der Waals surface area contributed by atoms with Crippen LogP contribution in [0.2, 0.25) is 0 Å². The van der Waals surface area contributed by atoms with E-state index < -0.39 is 0 Å². The van der Waals surface area contributed by atoms with Gasteiger partial charge in [-0.2, -0.15) is 0 Å². The van der Waals surface area contributed by atoms with E-state index in [4.69, 9.17) is 33.5 Å². The van der Waals surface area contributed by atoms with Gasteiger partial charge in [-0.15, -0.1) is 0 Å². The summed E-state index contributed by atoms with van der Waals surface area (Å²) in [6.07, 6.45) is 1.72. The molecular weight excluding hydrogens is 877 g/mol. The third-order valence-electron chi connectivity index (χ3n) is 13.1. The van der Waals surface area contributed by atoms with Crippen LogP contribution in [-0.2, 0) is 72.9 Å². The zero-order valence-corrected chi connectivity index (χ0v) is 44.4. The van der Waals surface area contributed by atoms with E-state index in [9.17, 15) is 10.2 Å². The first-order valence-electron chi connectivity index (χ1n) is 25.3. The molecule has 0 saturated heterocycles. The summed E-state index contributed by atoms with van der Waals surface area (Å²) in [5.74, 6) is 2.06. The van der Waals surface area contributed by atoms with E-state index in [1.807, 2.05) is 18.2 Å². The zero-order chi connectivity index (χ0) is 50.9. The third-order valence-corrected chi connectivity index (χ3v) is 13.1. The molecular formula is C61H82O9. The van der Waals surface area contributed by atoms with Crippen LogP contribution < -0.4 is 9.47 Å². The number of phenols is 2. The summed E-state index contributed by atoms with van der Waals surface area (Å²) < 4.78 is 36.3. The monoisotopic (exact) mass is 959 g/mol. The molecule has 70 heavy (non-hydrogen) atoms. The van der Waals surface area contributed by atoms with Gasteiger partial charge < -0.3 is 43.7 Å². The molecule has 0 aromatic heterocycles. The van der Waals surface area contributed by atoms with Crippen LogP contribution in [0.5, 0.6) is 23.0 Å². The van der Waals surface area contributed by atoms with Gasteiger partial charge in [0.15, 0.2) is 0 Å². The van der Waals surface area contributed by atoms with Crippen molar-refractivity contribution < 1.29 is 43.7 Å². The molecule has 5 aromatic rings. The number of hydrogen-bond donors (Lipinski definition) is 3. The summed E-state index contributed by atoms with van der Waals surface area (Å²) in [7, 11) is 0. The second kappa shape index (κ2) is 23.6. The number of hydrogen-bond acceptors (Lipinski definition) is 9. The average molecular weight is 959 g/mol. The number of ether oxygens (including phenoxy) is 6. The van der Waals surface area contributed by atoms with E-state index in [1.165, 1.54) is 0 Å². The van der Waals surface area contributed by atoms with Crippen molar-refractivity contribution in [2.24, 2.45) is 0 Å². The largest absolute Gasteiger partial charge is 0.507 e. The minimum absolute atomic E-state index is 0.00232. The quantitative estimate of drug-likeness (QED) is 0.0724. The van der Waals surface area contributed by atoms with Crippen molar-refractivity contribution in [2.45, 2.75) is 137 Å². The predicted octanol–water partition coefficient (Wildman–Crippen LogP) is 12.0. The molecule has 9 heteroatoms. The van der Waals surface area contributed by atoms with Gasteiger partial charge in [0.25, 0.3) is 0 Å². The van der Waals surface area contributed by atoms with E-state index in [0.29, 0.717) is 91.8 Å². The lowest BCUT2D eigenvalue weighted by Crippen LogP contribution is -2.17. The second-order valence-corrected chi connectivity index (χ2v) is 23.0. The Labute approximate surface area is 419 Å². The van der Waals surface area contributed by atoms with Gasteiger partial charge in [-0.1, -0.05) is 162 Å². The first kappa shape index (κ1) is 54.4. The number of aliphatic hydroxyl groups excluding tert-OH is 1. The van der Waals surface area contributed by atoms with Crippen molar-refractivity contribution in [2.75, 3.05) is 66.1 Å². The number of rotatable bonds is 18. The highest BCUT2D eigenvalue weighted by atomic mass is 16.6. The molecule has 3 N–H and O–H groups in total. The van der Waals surface area contributed by atoms with Crippen molar-refractivity contribution in [3.63, 3.8) is 0 Å². The Balaban J connectivity index is 1.47. The maximum atomic E-state index is 12.6. The first-order valence-corrected chi connectivity index (χ1v) is 25.3. The second-order valence-electron chi connectivity index (χ2n) is 23.0. The number of phenolic OH excluding ortho intramolecular Hbond substituents is 2. The molecule has 1 aliphatic carbocycles. The van der Waals surface area contributed by atoms with Crippen LogP contribution in [0.1, 0.15) is 155 Å². The number of aliphatic hydroxyl groups is 1. The van der Waals surface area contributed by atoms with Crippen molar-refractivity contribution in [1.29, 1.82) is 0 Å². The molecule has 8 bridgehead atoms. The van der Waals surface area contributed by atoms with E-state index in [2.05, 4.69) is 144 Å². The van der Waals surface area contributed by atoms with E-state index in [-0.39, 0.29) is 39.8 Å². The van der Waals surface area contributed by atoms with Crippen LogP contribution in [0.4, 0.5) is 0 Å². The molecule has 0 atom stereocenters. The molecule has 9 nitrogen and oxygen atoms in total. The molecule has 6 rings (SSSR count). The maximum Gasteiger partial charge on any atom is 0.126 e. The molecule has 0 heterocycles. The van der Waals surface area contributed by atoms with Crippen LogP contribution in [0.25, 0.3) is 0 Å². The fraction of sp³-hybridized carbons (Fsp3) is 0.508. The Morgan fingerprint density at radius 1 is 0.371 bits per heavy atom. The third kappa shape index (κ3) is 14.8. The number of benzene rings is 5. The molecule has 0 unspecified atom stereocenters. The molecule has 0 saturated carbocycles. The molecule has 1 aliphatic rings. The number of aromatic hydroxyl groups is 2. The van der Waals surface area contributed by atoms with Crippen LogP contribution in [0, 0.1) is 0 Å². The smallest absolute Gasteiger partial charge is 0.126 e.